The van der Waals surface area contributed by atoms with E-state index in [1.807, 2.05) is 9.98 Å². The zero-order valence-corrected chi connectivity index (χ0v) is 40.4. The fourth-order valence-corrected chi connectivity index (χ4v) is 5.90. The number of rotatable bonds is 7. The minimum absolute atomic E-state index is 0.0510. The zero-order valence-electron chi connectivity index (χ0n) is 40.4. The molecule has 0 aliphatic heterocycles. The fourth-order valence-electron chi connectivity index (χ4n) is 5.90. The molecular weight excluding hydrogens is 1400 g/mol. The molecule has 7 N–H and O–H groups in total. The molecule has 51 heteroatoms. The molecule has 0 aliphatic carbocycles. The van der Waals surface area contributed by atoms with Gasteiger partial charge in [-0.2, -0.15) is 184 Å². The van der Waals surface area contributed by atoms with Crippen LogP contribution in [0.2, 0.25) is 0 Å². The van der Waals surface area contributed by atoms with Crippen LogP contribution in [-0.2, 0) is 16.8 Å². The molecule has 0 saturated heterocycles. The van der Waals surface area contributed by atoms with Crippen molar-refractivity contribution in [3.8, 4) is 0 Å². The van der Waals surface area contributed by atoms with Crippen LogP contribution in [-0.4, -0.2) is 125 Å². The molecule has 0 aromatic heterocycles. The van der Waals surface area contributed by atoms with E-state index in [4.69, 9.17) is 11.5 Å². The van der Waals surface area contributed by atoms with Crippen LogP contribution in [0.5, 0.6) is 0 Å². The van der Waals surface area contributed by atoms with Crippen molar-refractivity contribution in [2.24, 2.45) is 20.0 Å². The van der Waals surface area contributed by atoms with Crippen molar-refractivity contribution in [3.05, 3.63) is 71.3 Å². The summed E-state index contributed by atoms with van der Waals surface area (Å²) in [5.74, 6) is 0. The smallest absolute Gasteiger partial charge is 0.399 e. The number of halogens is 42. The third kappa shape index (κ3) is 18.3. The largest absolute Gasteiger partial charge is 0.438 e. The highest BCUT2D eigenvalue weighted by Crippen LogP contribution is 2.56. The molecule has 0 atom stereocenters. The Morgan fingerprint density at radius 2 is 0.456 bits per heavy atom. The Morgan fingerprint density at radius 3 is 0.700 bits per heavy atom. The van der Waals surface area contributed by atoms with Gasteiger partial charge < -0.3 is 26.8 Å². The quantitative estimate of drug-likeness (QED) is 0.0902. The molecule has 0 heterocycles. The first-order chi connectivity index (χ1) is 39.0. The first kappa shape index (κ1) is 80.9. The van der Waals surface area contributed by atoms with E-state index in [0.717, 1.165) is 0 Å². The van der Waals surface area contributed by atoms with Crippen LogP contribution in [0.4, 0.5) is 219 Å². The van der Waals surface area contributed by atoms with E-state index >= 15 is 0 Å². The Labute approximate surface area is 463 Å². The predicted octanol–water partition coefficient (Wildman–Crippen LogP) is 16.9. The normalized spacial score (nSPS) is 14.4. The summed E-state index contributed by atoms with van der Waals surface area (Å²) in [4.78, 5) is 7.34. The van der Waals surface area contributed by atoms with Crippen LogP contribution in [0.3, 0.4) is 0 Å². The summed E-state index contributed by atoms with van der Waals surface area (Å²) in [5, 5.41) is 27.8. The first-order valence-electron chi connectivity index (χ1n) is 20.4. The minimum atomic E-state index is -7.06. The van der Waals surface area contributed by atoms with Crippen LogP contribution in [0.1, 0.15) is 16.7 Å². The van der Waals surface area contributed by atoms with E-state index in [9.17, 15) is 200 Å². The van der Waals surface area contributed by atoms with Crippen molar-refractivity contribution in [1.29, 1.82) is 0 Å². The molecule has 3 aromatic rings. The highest BCUT2D eigenvalue weighted by Gasteiger charge is 2.75. The van der Waals surface area contributed by atoms with Crippen LogP contribution >= 0.6 is 0 Å². The zero-order chi connectivity index (χ0) is 72.2. The topological polar surface area (TPSA) is 162 Å². The second-order valence-electron chi connectivity index (χ2n) is 16.2. The lowest BCUT2D eigenvalue weighted by Gasteiger charge is -2.33. The number of aliphatic hydroxyl groups is 3. The van der Waals surface area contributed by atoms with E-state index in [1.54, 1.807) is 9.98 Å². The lowest BCUT2D eigenvalue weighted by atomic mass is 9.90. The lowest BCUT2D eigenvalue weighted by Crippen LogP contribution is -2.54. The average molecular weight is 1410 g/mol. The second kappa shape index (κ2) is 24.8. The van der Waals surface area contributed by atoms with Crippen LogP contribution in [0.25, 0.3) is 0 Å². The summed E-state index contributed by atoms with van der Waals surface area (Å²) in [5.41, 5.74) is -41.4. The molecule has 90 heavy (non-hydrogen) atoms. The van der Waals surface area contributed by atoms with Gasteiger partial charge in [-0.05, 0) is 54.6 Å². The van der Waals surface area contributed by atoms with Gasteiger partial charge in [0, 0.05) is 28.1 Å². The van der Waals surface area contributed by atoms with Gasteiger partial charge in [-0.3, -0.25) is 0 Å². The third-order valence-electron chi connectivity index (χ3n) is 9.76. The van der Waals surface area contributed by atoms with Crippen LogP contribution in [0, 0.1) is 0 Å². The summed E-state index contributed by atoms with van der Waals surface area (Å²) in [6.07, 6.45) is -91.1. The molecule has 0 bridgehead atoms. The van der Waals surface area contributed by atoms with E-state index in [-0.39, 0.29) is 24.3 Å². The van der Waals surface area contributed by atoms with Crippen molar-refractivity contribution >= 4 is 57.0 Å². The summed E-state index contributed by atoms with van der Waals surface area (Å²) in [6, 6.07) is -2.19. The van der Waals surface area contributed by atoms with E-state index in [0.29, 0.717) is 6.07 Å². The molecular formula is C39H16F42N6O3. The van der Waals surface area contributed by atoms with Gasteiger partial charge in [0.25, 0.3) is 16.8 Å². The van der Waals surface area contributed by atoms with Gasteiger partial charge in [0.15, 0.2) is 0 Å². The molecule has 514 valence electrons. The Kier molecular flexibility index (Phi) is 22.3. The van der Waals surface area contributed by atoms with E-state index in [1.165, 1.54) is 0 Å². The highest BCUT2D eigenvalue weighted by atomic mass is 19.5. The molecule has 9 nitrogen and oxygen atoms in total. The number of alkyl halides is 42. The number of hydrogen-bond acceptors (Lipinski definition) is 9. The van der Waals surface area contributed by atoms with Gasteiger partial charge in [0.05, 0.1) is 22.7 Å². The first-order valence-corrected chi connectivity index (χ1v) is 20.4. The molecule has 0 fully saturated rings. The molecule has 3 aromatic carbocycles. The monoisotopic (exact) mass is 1410 g/mol. The van der Waals surface area contributed by atoms with Gasteiger partial charge in [0.2, 0.25) is 22.8 Å². The van der Waals surface area contributed by atoms with Gasteiger partial charge in [-0.1, -0.05) is 0 Å². The van der Waals surface area contributed by atoms with Gasteiger partial charge in [-0.15, -0.1) is 0 Å². The molecule has 0 spiro atoms. The number of benzene rings is 3. The van der Waals surface area contributed by atoms with Crippen molar-refractivity contribution in [1.82, 2.24) is 0 Å². The van der Waals surface area contributed by atoms with Gasteiger partial charge >= 0.3 is 86.5 Å². The summed E-state index contributed by atoms with van der Waals surface area (Å²) in [6.45, 7) is 0. The highest BCUT2D eigenvalue weighted by molar-refractivity contribution is 5.99. The number of nitrogen functional groups attached to an aromatic ring is 2. The summed E-state index contributed by atoms with van der Waals surface area (Å²) in [7, 11) is 0. The van der Waals surface area contributed by atoms with Gasteiger partial charge in [0.1, 0.15) is 0 Å². The van der Waals surface area contributed by atoms with Gasteiger partial charge in [-0.25, -0.2) is 20.0 Å². The van der Waals surface area contributed by atoms with Crippen LogP contribution < -0.4 is 11.5 Å². The molecule has 0 unspecified atom stereocenters. The Morgan fingerprint density at radius 1 is 0.256 bits per heavy atom. The van der Waals surface area contributed by atoms with E-state index in [2.05, 4.69) is 0 Å². The molecule has 0 aliphatic rings. The molecule has 0 amide bonds. The Balaban J connectivity index is 0.000000686. The maximum Gasteiger partial charge on any atom is 0.438 e. The van der Waals surface area contributed by atoms with E-state index < -0.39 is 201 Å². The molecule has 3 rings (SSSR count). The minimum Gasteiger partial charge on any atom is -0.399 e. The second-order valence-corrected chi connectivity index (χ2v) is 16.2. The number of nitrogens with two attached hydrogens (primary N) is 2. The third-order valence-corrected chi connectivity index (χ3v) is 9.76. The predicted molar refractivity (Wildman–Crippen MR) is 213 cm³/mol. The maximum absolute atomic E-state index is 13.2. The summed E-state index contributed by atoms with van der Waals surface area (Å²) < 4.78 is 535. The Bertz CT molecular complexity index is 3020. The number of aliphatic imine (C=N–C) groups is 4. The lowest BCUT2D eigenvalue weighted by molar-refractivity contribution is -0.376. The fraction of sp³-hybridized carbons (Fsp3) is 0.436. The number of nitrogens with zero attached hydrogens (tertiary/aromatic N) is 4. The van der Waals surface area contributed by atoms with Crippen LogP contribution in [0.15, 0.2) is 74.6 Å². The van der Waals surface area contributed by atoms with Crippen molar-refractivity contribution in [2.45, 2.75) is 103 Å². The standard InChI is InChI=1S/C15H4F18N2O.2C12H6F12N2O/c16-10(17,18)7(11(19,20)21)34-4-1-2-6(35-8(12(22,23)24)13(25,26)27)5(3-4)9(36,14(28,29)30)15(31,32)33;13-9(14,15)7(10(16,17)18)26-4-1-2-6(25)5(3-4)8(27,11(19,20)21)12(22,23)24;13-9(14,15)7(10(16,17)18)26-6-2-1-4(25)3-5(6)8(27,11(19,20)21)12(22,23)24/h1-3,36H;2*1-3,27H,25H2. The summed E-state index contributed by atoms with van der Waals surface area (Å²) >= 11 is 0. The number of anilines is 2. The Hall–Kier alpha value is -7.12. The average Bonchev–Trinajstić information content (AvgIpc) is 0.751. The molecule has 0 radical (unpaired) electrons. The molecule has 0 saturated carbocycles. The van der Waals surface area contributed by atoms with Crippen molar-refractivity contribution in [2.75, 3.05) is 11.5 Å². The van der Waals surface area contributed by atoms with Crippen molar-refractivity contribution in [3.63, 3.8) is 0 Å². The maximum atomic E-state index is 13.2. The van der Waals surface area contributed by atoms with Crippen molar-refractivity contribution < 1.29 is 200 Å². The SMILES string of the molecule is Nc1ccc(N=C(C(F)(F)F)C(F)(F)F)c(C(O)(C(F)(F)F)C(F)(F)F)c1.Nc1ccc(N=C(C(F)(F)F)C(F)(F)F)cc1C(O)(C(F)(F)F)C(F)(F)F.OC(c1cc(N=C(C(F)(F)F)C(F)(F)F)ccc1N=C(C(F)(F)F)C(F)(F)F)(C(F)(F)F)C(F)(F)F. The number of hydrogen-bond donors (Lipinski definition) is 5.